The Balaban J connectivity index is 1.49. The lowest BCUT2D eigenvalue weighted by Crippen LogP contribution is -2.71. The minimum atomic E-state index is -1.32. The second-order valence-corrected chi connectivity index (χ2v) is 11.0. The van der Waals surface area contributed by atoms with Gasteiger partial charge in [-0.05, 0) is 11.6 Å². The highest BCUT2D eigenvalue weighted by Gasteiger charge is 2.54. The van der Waals surface area contributed by atoms with Crippen LogP contribution in [0.2, 0.25) is 0 Å². The minimum Gasteiger partial charge on any atom is -0.477 e. The number of fused-ring (bicyclic) bond motifs is 1. The third-order valence-electron chi connectivity index (χ3n) is 6.40. The number of primary amides is 1. The summed E-state index contributed by atoms with van der Waals surface area (Å²) >= 11 is 2.01. The number of anilines is 1. The first kappa shape index (κ1) is 28.4. The number of aromatic nitrogens is 2. The summed E-state index contributed by atoms with van der Waals surface area (Å²) in [6.07, 6.45) is 3.27. The van der Waals surface area contributed by atoms with Gasteiger partial charge in [-0.3, -0.25) is 19.3 Å². The zero-order valence-electron chi connectivity index (χ0n) is 20.4. The van der Waals surface area contributed by atoms with Gasteiger partial charge in [0.2, 0.25) is 11.5 Å². The van der Waals surface area contributed by atoms with Crippen molar-refractivity contribution in [2.75, 3.05) is 44.5 Å². The predicted octanol–water partition coefficient (Wildman–Crippen LogP) is -1.87. The van der Waals surface area contributed by atoms with Gasteiger partial charge in [-0.1, -0.05) is 11.2 Å². The number of allylic oxidation sites excluding steroid dienone is 1. The summed E-state index contributed by atoms with van der Waals surface area (Å²) in [5, 5.41) is 25.0. The zero-order valence-corrected chi connectivity index (χ0v) is 22.0. The maximum absolute atomic E-state index is 13.0. The number of quaternary nitrogens is 1. The van der Waals surface area contributed by atoms with Crippen LogP contribution >= 0.6 is 23.3 Å². The molecule has 3 aliphatic heterocycles. The molecular weight excluding hydrogens is 559 g/mol. The number of nitrogens with zero attached hydrogens (tertiary/aromatic N) is 5. The van der Waals surface area contributed by atoms with Gasteiger partial charge in [0, 0.05) is 23.7 Å². The number of hydrogen-bond donors (Lipinski definition) is 5. The summed E-state index contributed by atoms with van der Waals surface area (Å²) in [5.41, 5.74) is 10.6. The molecule has 0 saturated carbocycles. The molecule has 18 heteroatoms. The summed E-state index contributed by atoms with van der Waals surface area (Å²) in [7, 11) is 0. The quantitative estimate of drug-likeness (QED) is 0.0837. The fraction of sp³-hybridized carbons (Fsp3) is 0.476. The van der Waals surface area contributed by atoms with Gasteiger partial charge in [0.1, 0.15) is 29.8 Å². The molecule has 1 aromatic heterocycles. The molecule has 0 radical (unpaired) electrons. The van der Waals surface area contributed by atoms with E-state index in [1.807, 2.05) is 0 Å². The maximum Gasteiger partial charge on any atom is 0.352 e. The van der Waals surface area contributed by atoms with Gasteiger partial charge in [0.25, 0.3) is 24.6 Å². The number of amides is 3. The van der Waals surface area contributed by atoms with Gasteiger partial charge in [-0.2, -0.15) is 9.36 Å². The average Bonchev–Trinajstić information content (AvgIpc) is 3.46. The van der Waals surface area contributed by atoms with Crippen molar-refractivity contribution >= 4 is 57.8 Å². The number of carbonyl (C=O) groups is 4. The van der Waals surface area contributed by atoms with E-state index in [0.29, 0.717) is 31.6 Å². The van der Waals surface area contributed by atoms with Crippen LogP contribution in [-0.2, 0) is 24.0 Å². The summed E-state index contributed by atoms with van der Waals surface area (Å²) < 4.78 is 16.6. The van der Waals surface area contributed by atoms with Crippen molar-refractivity contribution in [3.05, 3.63) is 29.2 Å². The number of aliphatic carboxylic acids is 1. The number of aliphatic hydroxyl groups excluding tert-OH is 1. The summed E-state index contributed by atoms with van der Waals surface area (Å²) in [6.45, 7) is -0.0371. The second-order valence-electron chi connectivity index (χ2n) is 9.07. The molecule has 0 aromatic carbocycles. The van der Waals surface area contributed by atoms with Crippen molar-refractivity contribution in [3.8, 4) is 0 Å². The van der Waals surface area contributed by atoms with Gasteiger partial charge in [0.05, 0.1) is 13.1 Å². The number of nitrogen functional groups attached to an aromatic ring is 1. The van der Waals surface area contributed by atoms with Crippen LogP contribution in [0, 0.1) is 0 Å². The molecule has 4 rings (SSSR count). The number of likely N-dealkylation sites (tertiary alicyclic amines) is 1. The van der Waals surface area contributed by atoms with E-state index in [0.717, 1.165) is 16.4 Å². The van der Waals surface area contributed by atoms with Gasteiger partial charge < -0.3 is 36.3 Å². The average molecular weight is 586 g/mol. The summed E-state index contributed by atoms with van der Waals surface area (Å²) in [5.74, 6) is -3.42. The number of halogens is 1. The van der Waals surface area contributed by atoms with Crippen LogP contribution in [0.1, 0.15) is 12.2 Å². The van der Waals surface area contributed by atoms with E-state index in [1.165, 1.54) is 11.8 Å². The van der Waals surface area contributed by atoms with Gasteiger partial charge >= 0.3 is 5.97 Å². The number of carbonyl (C=O) groups excluding carboxylic acids is 3. The highest BCUT2D eigenvalue weighted by Crippen LogP contribution is 2.40. The van der Waals surface area contributed by atoms with Crippen molar-refractivity contribution in [2.24, 2.45) is 10.9 Å². The number of thioether (sulfide) groups is 1. The number of nitrogens with one attached hydrogen (secondary N) is 1. The molecule has 3 amide bonds. The molecule has 2 unspecified atom stereocenters. The molecule has 2 fully saturated rings. The Morgan fingerprint density at radius 3 is 2.74 bits per heavy atom. The molecule has 210 valence electrons. The number of carboxylic acid groups (broad SMARTS) is 1. The van der Waals surface area contributed by atoms with E-state index in [1.54, 1.807) is 12.2 Å². The van der Waals surface area contributed by atoms with Gasteiger partial charge in [-0.15, -0.1) is 11.8 Å². The van der Waals surface area contributed by atoms with Crippen LogP contribution in [0.4, 0.5) is 9.52 Å². The lowest BCUT2D eigenvalue weighted by molar-refractivity contribution is -0.904. The lowest BCUT2D eigenvalue weighted by Gasteiger charge is -2.49. The molecule has 15 nitrogen and oxygen atoms in total. The monoisotopic (exact) mass is 585 g/mol. The molecule has 3 aliphatic rings. The predicted molar refractivity (Wildman–Crippen MR) is 136 cm³/mol. The van der Waals surface area contributed by atoms with E-state index < -0.39 is 53.8 Å². The normalized spacial score (nSPS) is 26.9. The Hall–Kier alpha value is -3.61. The molecule has 4 atom stereocenters. The van der Waals surface area contributed by atoms with Crippen LogP contribution in [0.5, 0.6) is 0 Å². The SMILES string of the molecule is NC(=O)C[N+]1(C/C=C/C2=C(C(=O)O)N3C(=O)[C@@H](NC(=O)/C(=N\OCF)c4nsc(N)n4)[C@H]3SC2)CCC(O)C1. The largest absolute Gasteiger partial charge is 0.477 e. The van der Waals surface area contributed by atoms with Crippen molar-refractivity contribution in [3.63, 3.8) is 0 Å². The molecule has 39 heavy (non-hydrogen) atoms. The van der Waals surface area contributed by atoms with Gasteiger partial charge in [0.15, 0.2) is 11.7 Å². The van der Waals surface area contributed by atoms with E-state index in [2.05, 4.69) is 24.7 Å². The molecule has 0 bridgehead atoms. The van der Waals surface area contributed by atoms with E-state index in [9.17, 15) is 33.8 Å². The molecule has 1 aromatic rings. The van der Waals surface area contributed by atoms with E-state index in [4.69, 9.17) is 11.5 Å². The number of aliphatic hydroxyl groups is 1. The first-order chi connectivity index (χ1) is 18.5. The van der Waals surface area contributed by atoms with Crippen LogP contribution in [0.3, 0.4) is 0 Å². The highest BCUT2D eigenvalue weighted by molar-refractivity contribution is 8.00. The second kappa shape index (κ2) is 11.6. The maximum atomic E-state index is 13.0. The molecule has 0 aliphatic carbocycles. The smallest absolute Gasteiger partial charge is 0.352 e. The van der Waals surface area contributed by atoms with Crippen LogP contribution in [-0.4, -0.2) is 115 Å². The number of hydrogen-bond acceptors (Lipinski definition) is 12. The molecule has 2 saturated heterocycles. The van der Waals surface area contributed by atoms with Crippen molar-refractivity contribution in [1.82, 2.24) is 19.6 Å². The summed E-state index contributed by atoms with van der Waals surface area (Å²) in [6, 6.07) is -1.09. The number of alkyl halides is 1. The zero-order chi connectivity index (χ0) is 28.3. The third kappa shape index (κ3) is 6.02. The first-order valence-corrected chi connectivity index (χ1v) is 13.4. The third-order valence-corrected chi connectivity index (χ3v) is 8.24. The molecule has 0 spiro atoms. The molecular formula is C21H26FN8O7S2+. The fourth-order valence-corrected chi connectivity index (χ4v) is 6.51. The van der Waals surface area contributed by atoms with Crippen molar-refractivity contribution in [1.29, 1.82) is 0 Å². The van der Waals surface area contributed by atoms with Crippen molar-refractivity contribution < 1.29 is 43.1 Å². The van der Waals surface area contributed by atoms with E-state index in [-0.39, 0.29) is 33.4 Å². The Labute approximate surface area is 229 Å². The lowest BCUT2D eigenvalue weighted by atomic mass is 10.0. The Morgan fingerprint density at radius 1 is 1.38 bits per heavy atom. The number of carboxylic acids is 1. The molecule has 4 heterocycles. The fourth-order valence-electron chi connectivity index (χ4n) is 4.76. The Kier molecular flexibility index (Phi) is 8.48. The number of rotatable bonds is 11. The molecule has 7 N–H and O–H groups in total. The van der Waals surface area contributed by atoms with Gasteiger partial charge in [-0.25, -0.2) is 9.18 Å². The van der Waals surface area contributed by atoms with Crippen LogP contribution in [0.25, 0.3) is 0 Å². The number of nitrogens with two attached hydrogens (primary N) is 2. The number of oxime groups is 1. The summed E-state index contributed by atoms with van der Waals surface area (Å²) in [4.78, 5) is 58.7. The van der Waals surface area contributed by atoms with E-state index >= 15 is 0 Å². The highest BCUT2D eigenvalue weighted by atomic mass is 32.2. The Bertz CT molecular complexity index is 1270. The van der Waals surface area contributed by atoms with Crippen LogP contribution in [0.15, 0.2) is 28.6 Å². The van der Waals surface area contributed by atoms with Crippen LogP contribution < -0.4 is 16.8 Å². The Morgan fingerprint density at radius 2 is 2.15 bits per heavy atom. The standard InChI is InChI=1S/C21H25FN8O7S2/c22-9-37-27-13(16-26-21(24)39-28-16)17(33)25-14-18(34)29-15(20(35)36)10(8-38-19(14)29)2-1-4-30(7-12(23)32)5-3-11(31)6-30/h1-2,11,14,19,31H,3-9H2,(H5-,23,24,25,26,28,32,33,35,36)/p+1/b2-1+,27-13-/t11?,14-,19-,30?/m1/s1. The topological polar surface area (TPSA) is 223 Å². The van der Waals surface area contributed by atoms with Crippen molar-refractivity contribution in [2.45, 2.75) is 23.9 Å². The first-order valence-electron chi connectivity index (χ1n) is 11.6. The minimum absolute atomic E-state index is 0.0276. The number of β-lactam (4-membered cyclic amide) rings is 1.